The van der Waals surface area contributed by atoms with Crippen LogP contribution in [-0.4, -0.2) is 26.2 Å². The van der Waals surface area contributed by atoms with Gasteiger partial charge in [-0.05, 0) is 26.3 Å². The van der Waals surface area contributed by atoms with Crippen LogP contribution in [-0.2, 0) is 0 Å². The minimum atomic E-state index is -1.55. The van der Waals surface area contributed by atoms with Gasteiger partial charge in [-0.3, -0.25) is 0 Å². The molecule has 1 aliphatic heterocycles. The average Bonchev–Trinajstić information content (AvgIpc) is 2.65. The van der Waals surface area contributed by atoms with E-state index in [0.717, 1.165) is 0 Å². The second-order valence-corrected chi connectivity index (χ2v) is 25.4. The van der Waals surface area contributed by atoms with Crippen LogP contribution < -0.4 is 0 Å². The topological polar surface area (TPSA) is 0 Å². The number of allylic oxidation sites excluding steroid dienone is 2. The van der Waals surface area contributed by atoms with Crippen LogP contribution in [0.4, 0.5) is 0 Å². The summed E-state index contributed by atoms with van der Waals surface area (Å²) in [6.07, 6.45) is 2.65. The fourth-order valence-corrected chi connectivity index (χ4v) is 17.9. The Balaban J connectivity index is 2.42. The van der Waals surface area contributed by atoms with Gasteiger partial charge in [-0.15, -0.1) is 0 Å². The Morgan fingerprint density at radius 3 is 1.70 bits per heavy atom. The van der Waals surface area contributed by atoms with E-state index < -0.39 is 16.1 Å². The molecule has 30 heavy (non-hydrogen) atoms. The van der Waals surface area contributed by atoms with Gasteiger partial charge in [-0.25, -0.2) is 0 Å². The molecule has 3 rings (SSSR count). The van der Waals surface area contributed by atoms with Crippen molar-refractivity contribution >= 4 is 34.2 Å². The molecule has 0 saturated heterocycles. The minimum absolute atomic E-state index is 0.266. The van der Waals surface area contributed by atoms with E-state index in [4.69, 9.17) is 0 Å². The summed E-state index contributed by atoms with van der Waals surface area (Å²) in [7, 11) is -3.42. The maximum atomic E-state index is 2.65. The van der Waals surface area contributed by atoms with Crippen molar-refractivity contribution in [2.24, 2.45) is 0 Å². The SMILES string of the molecule is CC(C)(C)[P+]1=C([Si](C)(C)C)C(c2ccccc2)=CC(c2ccccc2)[C-]1[Si](C)(C)C. The standard InChI is InChI=1S/C27H39PSi2/c1-27(2,3)28-25(29(4,5)6)23(21-16-12-10-13-17-21)20-24(26(28)30(7,8)9)22-18-14-11-15-19-22/h10-20,23H,1-9H3. The zero-order chi connectivity index (χ0) is 22.3. The molecule has 0 fully saturated rings. The molecule has 3 heteroatoms. The fourth-order valence-electron chi connectivity index (χ4n) is 4.71. The van der Waals surface area contributed by atoms with Crippen molar-refractivity contribution in [1.29, 1.82) is 0 Å². The normalized spacial score (nSPS) is 20.3. The molecule has 1 heterocycles. The first kappa shape index (κ1) is 23.4. The number of benzene rings is 2. The van der Waals surface area contributed by atoms with Crippen LogP contribution in [0, 0.1) is 5.28 Å². The lowest BCUT2D eigenvalue weighted by molar-refractivity contribution is 0.787. The van der Waals surface area contributed by atoms with Gasteiger partial charge >= 0.3 is 0 Å². The third-order valence-corrected chi connectivity index (χ3v) is 17.4. The summed E-state index contributed by atoms with van der Waals surface area (Å²) in [6.45, 7) is 22.9. The van der Waals surface area contributed by atoms with Gasteiger partial charge in [0.2, 0.25) is 0 Å². The number of hydrogen-bond donors (Lipinski definition) is 0. The molecular formula is C27H39PSi2. The second-order valence-electron chi connectivity index (χ2n) is 11.6. The predicted molar refractivity (Wildman–Crippen MR) is 145 cm³/mol. The number of rotatable bonds is 4. The first-order valence-corrected chi connectivity index (χ1v) is 19.5. The van der Waals surface area contributed by atoms with E-state index in [1.165, 1.54) is 11.1 Å². The van der Waals surface area contributed by atoms with E-state index >= 15 is 0 Å². The monoisotopic (exact) mass is 450 g/mol. The maximum absolute atomic E-state index is 2.65. The molecule has 2 unspecified atom stereocenters. The van der Waals surface area contributed by atoms with Crippen molar-refractivity contribution < 1.29 is 0 Å². The molecule has 0 saturated carbocycles. The van der Waals surface area contributed by atoms with E-state index in [0.29, 0.717) is 5.92 Å². The van der Waals surface area contributed by atoms with Crippen LogP contribution >= 0.6 is 7.55 Å². The molecule has 2 atom stereocenters. The van der Waals surface area contributed by atoms with Crippen LogP contribution in [0.2, 0.25) is 39.3 Å². The first-order chi connectivity index (χ1) is 13.8. The Bertz CT molecular complexity index is 936. The molecule has 0 aliphatic carbocycles. The van der Waals surface area contributed by atoms with E-state index in [1.807, 2.05) is 10.2 Å². The van der Waals surface area contributed by atoms with Gasteiger partial charge in [0.05, 0.1) is 10.1 Å². The second kappa shape index (κ2) is 8.37. The van der Waals surface area contributed by atoms with Crippen LogP contribution in [0.25, 0.3) is 5.57 Å². The summed E-state index contributed by atoms with van der Waals surface area (Å²) in [4.78, 5) is 1.82. The van der Waals surface area contributed by atoms with E-state index in [1.54, 1.807) is 5.57 Å². The Morgan fingerprint density at radius 2 is 1.27 bits per heavy atom. The molecule has 0 N–H and O–H groups in total. The molecule has 2 aromatic carbocycles. The third-order valence-electron chi connectivity index (χ3n) is 5.74. The zero-order valence-electron chi connectivity index (χ0n) is 20.4. The lowest BCUT2D eigenvalue weighted by Gasteiger charge is -2.50. The van der Waals surface area contributed by atoms with Gasteiger partial charge in [-0.2, -0.15) is 0 Å². The summed E-state index contributed by atoms with van der Waals surface area (Å²) < 4.78 is 0. The summed E-state index contributed by atoms with van der Waals surface area (Å²) in [5.41, 5.74) is 4.42. The highest BCUT2D eigenvalue weighted by atomic mass is 31.1. The predicted octanol–water partition coefficient (Wildman–Crippen LogP) is 8.61. The summed E-state index contributed by atoms with van der Waals surface area (Å²) in [6, 6.07) is 22.5. The van der Waals surface area contributed by atoms with Crippen molar-refractivity contribution in [1.82, 2.24) is 0 Å². The van der Waals surface area contributed by atoms with Crippen molar-refractivity contribution in [3.63, 3.8) is 0 Å². The molecule has 0 spiro atoms. The van der Waals surface area contributed by atoms with E-state index in [-0.39, 0.29) is 12.7 Å². The van der Waals surface area contributed by atoms with Crippen molar-refractivity contribution in [2.75, 3.05) is 0 Å². The van der Waals surface area contributed by atoms with Crippen molar-refractivity contribution in [3.8, 4) is 0 Å². The highest BCUT2D eigenvalue weighted by Crippen LogP contribution is 2.64. The zero-order valence-corrected chi connectivity index (χ0v) is 23.3. The fraction of sp³-hybridized carbons (Fsp3) is 0.407. The maximum Gasteiger partial charge on any atom is 0.129 e. The third kappa shape index (κ3) is 4.82. The first-order valence-electron chi connectivity index (χ1n) is 11.2. The van der Waals surface area contributed by atoms with Crippen LogP contribution in [0.1, 0.15) is 37.8 Å². The Morgan fingerprint density at radius 1 is 0.767 bits per heavy atom. The molecule has 2 aromatic rings. The average molecular weight is 451 g/mol. The van der Waals surface area contributed by atoms with E-state index in [2.05, 4.69) is 127 Å². The lowest BCUT2D eigenvalue weighted by Crippen LogP contribution is -2.44. The van der Waals surface area contributed by atoms with Crippen LogP contribution in [0.3, 0.4) is 0 Å². The van der Waals surface area contributed by atoms with E-state index in [9.17, 15) is 0 Å². The molecule has 0 nitrogen and oxygen atoms in total. The van der Waals surface area contributed by atoms with Crippen LogP contribution in [0.5, 0.6) is 0 Å². The van der Waals surface area contributed by atoms with Gasteiger partial charge in [0, 0.05) is 5.57 Å². The molecule has 160 valence electrons. The lowest BCUT2D eigenvalue weighted by atomic mass is 9.95. The van der Waals surface area contributed by atoms with Gasteiger partial charge < -0.3 is 0 Å². The molecule has 1 aliphatic rings. The quantitative estimate of drug-likeness (QED) is 0.248. The largest absolute Gasteiger partial charge is 0.129 e. The van der Waals surface area contributed by atoms with Gasteiger partial charge in [0.1, 0.15) is 8.07 Å². The summed E-state index contributed by atoms with van der Waals surface area (Å²) in [5, 5.41) is 2.15. The van der Waals surface area contributed by atoms with Crippen LogP contribution in [0.15, 0.2) is 66.7 Å². The molecular weight excluding hydrogens is 411 g/mol. The van der Waals surface area contributed by atoms with Gasteiger partial charge in [0.15, 0.2) is 0 Å². The Labute approximate surface area is 188 Å². The van der Waals surface area contributed by atoms with Crippen molar-refractivity contribution in [2.45, 2.75) is 71.1 Å². The van der Waals surface area contributed by atoms with Gasteiger partial charge in [0.25, 0.3) is 0 Å². The molecule has 0 radical (unpaired) electrons. The smallest absolute Gasteiger partial charge is 0.0921 e. The Kier molecular flexibility index (Phi) is 6.55. The highest BCUT2D eigenvalue weighted by molar-refractivity contribution is 7.73. The summed E-state index contributed by atoms with van der Waals surface area (Å²) in [5.74, 6) is 0.429. The molecule has 0 amide bonds. The summed E-state index contributed by atoms with van der Waals surface area (Å²) >= 11 is 0. The van der Waals surface area contributed by atoms with Crippen molar-refractivity contribution in [3.05, 3.63) is 83.1 Å². The molecule has 0 bridgehead atoms. The minimum Gasteiger partial charge on any atom is -0.0921 e. The van der Waals surface area contributed by atoms with Gasteiger partial charge in [-0.1, -0.05) is 138 Å². The molecule has 0 aromatic heterocycles. The highest BCUT2D eigenvalue weighted by Gasteiger charge is 2.46. The number of hydrogen-bond acceptors (Lipinski definition) is 0. The Hall–Kier alpha value is -1.22.